The van der Waals surface area contributed by atoms with Crippen LogP contribution in [0.1, 0.15) is 47.9 Å². The van der Waals surface area contributed by atoms with Crippen LogP contribution in [-0.2, 0) is 11.2 Å². The maximum atomic E-state index is 12.2. The number of carbonyl (C=O) groups excluding carboxylic acids is 1. The average molecular weight is 301 g/mol. The molecule has 2 N–H and O–H groups in total. The lowest BCUT2D eigenvalue weighted by molar-refractivity contribution is -0.136. The Kier molecular flexibility index (Phi) is 4.99. The Balaban J connectivity index is 2.02. The maximum Gasteiger partial charge on any atom is 0.303 e. The molecular formula is C17H19NO4. The van der Waals surface area contributed by atoms with Crippen molar-refractivity contribution in [3.05, 3.63) is 53.5 Å². The number of anilines is 1. The van der Waals surface area contributed by atoms with Gasteiger partial charge in [-0.3, -0.25) is 9.59 Å². The van der Waals surface area contributed by atoms with E-state index in [2.05, 4.69) is 5.32 Å². The number of nitrogens with one attached hydrogen (secondary N) is 1. The maximum absolute atomic E-state index is 12.2. The molecule has 0 aliphatic heterocycles. The van der Waals surface area contributed by atoms with Crippen LogP contribution in [0.15, 0.2) is 41.0 Å². The lowest BCUT2D eigenvalue weighted by atomic mass is 10.0. The normalized spacial score (nSPS) is 10.7. The van der Waals surface area contributed by atoms with E-state index < -0.39 is 5.97 Å². The first-order valence-electron chi connectivity index (χ1n) is 7.17. The van der Waals surface area contributed by atoms with Crippen molar-refractivity contribution in [1.82, 2.24) is 0 Å². The minimum absolute atomic E-state index is 0.0931. The zero-order valence-corrected chi connectivity index (χ0v) is 12.6. The summed E-state index contributed by atoms with van der Waals surface area (Å²) in [5.41, 5.74) is 2.44. The summed E-state index contributed by atoms with van der Waals surface area (Å²) < 4.78 is 5.27. The van der Waals surface area contributed by atoms with E-state index in [1.165, 1.54) is 6.26 Å². The van der Waals surface area contributed by atoms with E-state index in [0.717, 1.165) is 11.1 Å². The number of hydrogen-bond donors (Lipinski definition) is 2. The molecule has 1 heterocycles. The number of benzene rings is 1. The standard InChI is InChI=1S/C17H19NO4/c1-11(2)14-9-10-22-16(14)17(21)18-13-6-3-12(4-7-13)5-8-15(19)20/h3-4,6-7,9-11H,5,8H2,1-2H3,(H,18,21)(H,19,20). The molecule has 0 aliphatic rings. The van der Waals surface area contributed by atoms with Crippen molar-refractivity contribution in [3.8, 4) is 0 Å². The molecule has 0 saturated carbocycles. The molecule has 0 fully saturated rings. The molecule has 0 atom stereocenters. The van der Waals surface area contributed by atoms with Crippen LogP contribution in [0.2, 0.25) is 0 Å². The lowest BCUT2D eigenvalue weighted by Gasteiger charge is -2.08. The van der Waals surface area contributed by atoms with Crippen molar-refractivity contribution in [2.75, 3.05) is 5.32 Å². The Morgan fingerprint density at radius 1 is 1.18 bits per heavy atom. The number of carbonyl (C=O) groups is 2. The van der Waals surface area contributed by atoms with Gasteiger partial charge in [0, 0.05) is 17.7 Å². The molecule has 0 aliphatic carbocycles. The Labute approximate surface area is 129 Å². The van der Waals surface area contributed by atoms with Gasteiger partial charge in [-0.05, 0) is 36.1 Å². The number of carboxylic acids is 1. The van der Waals surface area contributed by atoms with Crippen LogP contribution in [0, 0.1) is 0 Å². The monoisotopic (exact) mass is 301 g/mol. The average Bonchev–Trinajstić information content (AvgIpc) is 2.96. The Morgan fingerprint density at radius 2 is 1.86 bits per heavy atom. The Morgan fingerprint density at radius 3 is 2.45 bits per heavy atom. The zero-order valence-electron chi connectivity index (χ0n) is 12.6. The van der Waals surface area contributed by atoms with Crippen molar-refractivity contribution < 1.29 is 19.1 Å². The number of aryl methyl sites for hydroxylation is 1. The highest BCUT2D eigenvalue weighted by Crippen LogP contribution is 2.22. The minimum atomic E-state index is -0.823. The molecule has 2 rings (SSSR count). The van der Waals surface area contributed by atoms with Gasteiger partial charge in [-0.15, -0.1) is 0 Å². The number of furan rings is 1. The summed E-state index contributed by atoms with van der Waals surface area (Å²) >= 11 is 0. The minimum Gasteiger partial charge on any atom is -0.481 e. The predicted molar refractivity (Wildman–Crippen MR) is 83.1 cm³/mol. The SMILES string of the molecule is CC(C)c1ccoc1C(=O)Nc1ccc(CCC(=O)O)cc1. The summed E-state index contributed by atoms with van der Waals surface area (Å²) in [6.45, 7) is 4.00. The van der Waals surface area contributed by atoms with Gasteiger partial charge in [0.1, 0.15) is 0 Å². The third-order valence-electron chi connectivity index (χ3n) is 3.36. The second kappa shape index (κ2) is 6.93. The third-order valence-corrected chi connectivity index (χ3v) is 3.36. The third kappa shape index (κ3) is 3.97. The van der Waals surface area contributed by atoms with Gasteiger partial charge in [0.05, 0.1) is 6.26 Å². The Hall–Kier alpha value is -2.56. The highest BCUT2D eigenvalue weighted by atomic mass is 16.4. The Bertz CT molecular complexity index is 656. The largest absolute Gasteiger partial charge is 0.481 e. The summed E-state index contributed by atoms with van der Waals surface area (Å²) in [7, 11) is 0. The fourth-order valence-electron chi connectivity index (χ4n) is 2.15. The molecule has 1 amide bonds. The van der Waals surface area contributed by atoms with Gasteiger partial charge < -0.3 is 14.8 Å². The van der Waals surface area contributed by atoms with Crippen molar-refractivity contribution in [3.63, 3.8) is 0 Å². The van der Waals surface area contributed by atoms with Crippen LogP contribution in [0.3, 0.4) is 0 Å². The second-order valence-corrected chi connectivity index (χ2v) is 5.40. The first-order valence-corrected chi connectivity index (χ1v) is 7.17. The zero-order chi connectivity index (χ0) is 16.1. The lowest BCUT2D eigenvalue weighted by Crippen LogP contribution is -2.13. The summed E-state index contributed by atoms with van der Waals surface area (Å²) in [6.07, 6.45) is 2.08. The summed E-state index contributed by atoms with van der Waals surface area (Å²) in [5, 5.41) is 11.4. The molecule has 116 valence electrons. The number of carboxylic acid groups (broad SMARTS) is 1. The van der Waals surface area contributed by atoms with Crippen LogP contribution in [0.25, 0.3) is 0 Å². The van der Waals surface area contributed by atoms with Crippen LogP contribution in [0.5, 0.6) is 0 Å². The van der Waals surface area contributed by atoms with E-state index in [-0.39, 0.29) is 18.2 Å². The number of rotatable bonds is 6. The van der Waals surface area contributed by atoms with Crippen molar-refractivity contribution >= 4 is 17.6 Å². The summed E-state index contributed by atoms with van der Waals surface area (Å²) in [5.74, 6) is -0.578. The van der Waals surface area contributed by atoms with E-state index >= 15 is 0 Å². The quantitative estimate of drug-likeness (QED) is 0.853. The smallest absolute Gasteiger partial charge is 0.303 e. The molecule has 1 aromatic heterocycles. The fraction of sp³-hybridized carbons (Fsp3) is 0.294. The van der Waals surface area contributed by atoms with E-state index in [1.54, 1.807) is 18.2 Å². The number of hydrogen-bond acceptors (Lipinski definition) is 3. The molecule has 1 aromatic carbocycles. The van der Waals surface area contributed by atoms with E-state index in [0.29, 0.717) is 17.9 Å². The molecule has 0 bridgehead atoms. The van der Waals surface area contributed by atoms with Crippen molar-refractivity contribution in [2.45, 2.75) is 32.6 Å². The van der Waals surface area contributed by atoms with Gasteiger partial charge in [-0.1, -0.05) is 26.0 Å². The van der Waals surface area contributed by atoms with Crippen LogP contribution in [-0.4, -0.2) is 17.0 Å². The van der Waals surface area contributed by atoms with Crippen molar-refractivity contribution in [2.24, 2.45) is 0 Å². The molecule has 0 unspecified atom stereocenters. The molecule has 0 spiro atoms. The van der Waals surface area contributed by atoms with Crippen LogP contribution < -0.4 is 5.32 Å². The summed E-state index contributed by atoms with van der Waals surface area (Å²) in [4.78, 5) is 22.8. The molecule has 2 aromatic rings. The summed E-state index contributed by atoms with van der Waals surface area (Å²) in [6, 6.07) is 8.93. The van der Waals surface area contributed by atoms with E-state index in [1.807, 2.05) is 26.0 Å². The van der Waals surface area contributed by atoms with Crippen LogP contribution >= 0.6 is 0 Å². The van der Waals surface area contributed by atoms with Gasteiger partial charge >= 0.3 is 5.97 Å². The van der Waals surface area contributed by atoms with Gasteiger partial charge in [0.2, 0.25) is 0 Å². The highest BCUT2D eigenvalue weighted by Gasteiger charge is 2.17. The van der Waals surface area contributed by atoms with Gasteiger partial charge in [0.25, 0.3) is 5.91 Å². The van der Waals surface area contributed by atoms with Crippen molar-refractivity contribution in [1.29, 1.82) is 0 Å². The first kappa shape index (κ1) is 15.8. The number of amides is 1. The molecule has 5 nitrogen and oxygen atoms in total. The van der Waals surface area contributed by atoms with Crippen LogP contribution in [0.4, 0.5) is 5.69 Å². The molecule has 22 heavy (non-hydrogen) atoms. The predicted octanol–water partition coefficient (Wildman–Crippen LogP) is 3.67. The molecule has 5 heteroatoms. The highest BCUT2D eigenvalue weighted by molar-refractivity contribution is 6.03. The fourth-order valence-corrected chi connectivity index (χ4v) is 2.15. The van der Waals surface area contributed by atoms with E-state index in [4.69, 9.17) is 9.52 Å². The van der Waals surface area contributed by atoms with Gasteiger partial charge in [0.15, 0.2) is 5.76 Å². The van der Waals surface area contributed by atoms with Gasteiger partial charge in [-0.25, -0.2) is 0 Å². The number of aliphatic carboxylic acids is 1. The van der Waals surface area contributed by atoms with E-state index in [9.17, 15) is 9.59 Å². The molecule has 0 radical (unpaired) electrons. The topological polar surface area (TPSA) is 79.5 Å². The first-order chi connectivity index (χ1) is 10.5. The molecule has 0 saturated heterocycles. The second-order valence-electron chi connectivity index (χ2n) is 5.40. The molecular weight excluding hydrogens is 282 g/mol. The van der Waals surface area contributed by atoms with Gasteiger partial charge in [-0.2, -0.15) is 0 Å².